The molecule has 4 heterocycles. The van der Waals surface area contributed by atoms with Gasteiger partial charge < -0.3 is 4.90 Å². The molecule has 1 aliphatic rings. The van der Waals surface area contributed by atoms with Crippen molar-refractivity contribution in [1.29, 1.82) is 0 Å². The van der Waals surface area contributed by atoms with E-state index in [1.807, 2.05) is 43.3 Å². The van der Waals surface area contributed by atoms with E-state index in [2.05, 4.69) is 20.1 Å². The highest BCUT2D eigenvalue weighted by Crippen LogP contribution is 2.26. The molecule has 0 spiro atoms. The summed E-state index contributed by atoms with van der Waals surface area (Å²) in [6.45, 7) is 3.95. The van der Waals surface area contributed by atoms with E-state index >= 15 is 0 Å². The van der Waals surface area contributed by atoms with Crippen LogP contribution in [0.2, 0.25) is 0 Å². The van der Waals surface area contributed by atoms with Crippen LogP contribution in [-0.2, 0) is 10.0 Å². The topological polar surface area (TPSA) is 79.3 Å². The van der Waals surface area contributed by atoms with Gasteiger partial charge in [0.15, 0.2) is 5.82 Å². The lowest BCUT2D eigenvalue weighted by Crippen LogP contribution is -2.48. The van der Waals surface area contributed by atoms with E-state index in [1.54, 1.807) is 16.6 Å². The third-order valence-electron chi connectivity index (χ3n) is 4.45. The van der Waals surface area contributed by atoms with E-state index in [0.717, 1.165) is 16.4 Å². The highest BCUT2D eigenvalue weighted by Gasteiger charge is 2.30. The maximum atomic E-state index is 12.7. The van der Waals surface area contributed by atoms with Gasteiger partial charge in [0.25, 0.3) is 10.0 Å². The zero-order valence-electron chi connectivity index (χ0n) is 14.8. The molecule has 0 aliphatic carbocycles. The van der Waals surface area contributed by atoms with E-state index in [0.29, 0.717) is 36.1 Å². The Bertz CT molecular complexity index is 1010. The van der Waals surface area contributed by atoms with Crippen LogP contribution in [0.25, 0.3) is 11.4 Å². The molecule has 27 heavy (non-hydrogen) atoms. The zero-order chi connectivity index (χ0) is 18.9. The van der Waals surface area contributed by atoms with Gasteiger partial charge in [-0.15, -0.1) is 21.5 Å². The minimum Gasteiger partial charge on any atom is -0.352 e. The first-order valence-corrected chi connectivity index (χ1v) is 10.9. The maximum Gasteiger partial charge on any atom is 0.252 e. The van der Waals surface area contributed by atoms with Crippen LogP contribution < -0.4 is 4.90 Å². The van der Waals surface area contributed by atoms with Crippen LogP contribution >= 0.6 is 11.3 Å². The summed E-state index contributed by atoms with van der Waals surface area (Å²) in [4.78, 5) is 7.32. The predicted octanol–water partition coefficient (Wildman–Crippen LogP) is 2.42. The minimum atomic E-state index is -3.41. The Morgan fingerprint density at radius 3 is 2.33 bits per heavy atom. The summed E-state index contributed by atoms with van der Waals surface area (Å²) in [5.41, 5.74) is 1.49. The van der Waals surface area contributed by atoms with Gasteiger partial charge in [0.05, 0.1) is 5.69 Å². The molecule has 3 aromatic heterocycles. The fourth-order valence-electron chi connectivity index (χ4n) is 2.98. The first-order chi connectivity index (χ1) is 13.0. The molecule has 0 bridgehead atoms. The standard InChI is InChI=1S/C18H19N5O2S2/c1-14-5-8-18(26-14)27(24,25)23-12-10-22(11-13-23)17-7-6-16(20-21-17)15-4-2-3-9-19-15/h2-9H,10-13H2,1H3. The van der Waals surface area contributed by atoms with Crippen molar-refractivity contribution in [2.45, 2.75) is 11.1 Å². The molecule has 0 radical (unpaired) electrons. The maximum absolute atomic E-state index is 12.7. The fourth-order valence-corrected chi connectivity index (χ4v) is 5.84. The molecule has 0 atom stereocenters. The number of aryl methyl sites for hydroxylation is 1. The van der Waals surface area contributed by atoms with Crippen LogP contribution in [0.4, 0.5) is 5.82 Å². The summed E-state index contributed by atoms with van der Waals surface area (Å²) in [5, 5.41) is 8.56. The average Bonchev–Trinajstić information content (AvgIpc) is 3.16. The zero-order valence-corrected chi connectivity index (χ0v) is 16.4. The number of hydrogen-bond donors (Lipinski definition) is 0. The highest BCUT2D eigenvalue weighted by atomic mass is 32.2. The van der Waals surface area contributed by atoms with Gasteiger partial charge in [-0.1, -0.05) is 6.07 Å². The van der Waals surface area contributed by atoms with Gasteiger partial charge in [0.2, 0.25) is 0 Å². The SMILES string of the molecule is Cc1ccc(S(=O)(=O)N2CCN(c3ccc(-c4ccccn4)nn3)CC2)s1. The molecular weight excluding hydrogens is 382 g/mol. The lowest BCUT2D eigenvalue weighted by Gasteiger charge is -2.34. The summed E-state index contributed by atoms with van der Waals surface area (Å²) < 4.78 is 27.4. The lowest BCUT2D eigenvalue weighted by molar-refractivity contribution is 0.384. The Kier molecular flexibility index (Phi) is 4.90. The molecule has 3 aromatic rings. The van der Waals surface area contributed by atoms with Crippen molar-refractivity contribution in [3.05, 3.63) is 53.5 Å². The minimum absolute atomic E-state index is 0.410. The molecule has 7 nitrogen and oxygen atoms in total. The Hall–Kier alpha value is -2.36. The molecule has 1 fully saturated rings. The quantitative estimate of drug-likeness (QED) is 0.668. The average molecular weight is 402 g/mol. The van der Waals surface area contributed by atoms with Crippen molar-refractivity contribution >= 4 is 27.2 Å². The van der Waals surface area contributed by atoms with E-state index < -0.39 is 10.0 Å². The van der Waals surface area contributed by atoms with Crippen molar-refractivity contribution in [2.24, 2.45) is 0 Å². The Balaban J connectivity index is 1.43. The molecule has 4 rings (SSSR count). The Labute approximate surface area is 162 Å². The third-order valence-corrected chi connectivity index (χ3v) is 7.82. The molecule has 0 amide bonds. The smallest absolute Gasteiger partial charge is 0.252 e. The van der Waals surface area contributed by atoms with Crippen LogP contribution in [0, 0.1) is 6.92 Å². The number of thiophene rings is 1. The lowest BCUT2D eigenvalue weighted by atomic mass is 10.2. The van der Waals surface area contributed by atoms with Gasteiger partial charge in [-0.3, -0.25) is 4.98 Å². The van der Waals surface area contributed by atoms with E-state index in [1.165, 1.54) is 11.3 Å². The fraction of sp³-hybridized carbons (Fsp3) is 0.278. The molecule has 0 N–H and O–H groups in total. The molecule has 0 unspecified atom stereocenters. The second-order valence-corrected chi connectivity index (χ2v) is 9.70. The summed E-state index contributed by atoms with van der Waals surface area (Å²) in [6, 6.07) is 13.0. The van der Waals surface area contributed by atoms with Crippen LogP contribution in [-0.4, -0.2) is 54.1 Å². The van der Waals surface area contributed by atoms with Crippen molar-refractivity contribution in [3.63, 3.8) is 0 Å². The molecule has 9 heteroatoms. The first kappa shape index (κ1) is 18.0. The number of hydrogen-bond acceptors (Lipinski definition) is 7. The monoisotopic (exact) mass is 401 g/mol. The van der Waals surface area contributed by atoms with Gasteiger partial charge in [-0.05, 0) is 43.3 Å². The molecule has 1 aliphatic heterocycles. The summed E-state index contributed by atoms with van der Waals surface area (Å²) >= 11 is 1.31. The van der Waals surface area contributed by atoms with Crippen molar-refractivity contribution in [2.75, 3.05) is 31.1 Å². The van der Waals surface area contributed by atoms with Gasteiger partial charge in [-0.2, -0.15) is 4.31 Å². The number of sulfonamides is 1. The van der Waals surface area contributed by atoms with Gasteiger partial charge >= 0.3 is 0 Å². The number of rotatable bonds is 4. The van der Waals surface area contributed by atoms with Crippen molar-refractivity contribution in [3.8, 4) is 11.4 Å². The molecule has 0 saturated carbocycles. The van der Waals surface area contributed by atoms with E-state index in [-0.39, 0.29) is 0 Å². The number of nitrogens with zero attached hydrogens (tertiary/aromatic N) is 5. The highest BCUT2D eigenvalue weighted by molar-refractivity contribution is 7.91. The second-order valence-electron chi connectivity index (χ2n) is 6.25. The van der Waals surface area contributed by atoms with E-state index in [4.69, 9.17) is 0 Å². The molecular formula is C18H19N5O2S2. The van der Waals surface area contributed by atoms with Crippen molar-refractivity contribution in [1.82, 2.24) is 19.5 Å². The molecule has 1 saturated heterocycles. The van der Waals surface area contributed by atoms with Gasteiger partial charge in [0, 0.05) is 37.3 Å². The number of pyridine rings is 1. The largest absolute Gasteiger partial charge is 0.352 e. The summed E-state index contributed by atoms with van der Waals surface area (Å²) in [7, 11) is -3.41. The Morgan fingerprint density at radius 2 is 1.74 bits per heavy atom. The van der Waals surface area contributed by atoms with Crippen LogP contribution in [0.15, 0.2) is 52.9 Å². The van der Waals surface area contributed by atoms with Crippen molar-refractivity contribution < 1.29 is 8.42 Å². The normalized spacial score (nSPS) is 15.8. The van der Waals surface area contributed by atoms with Crippen LogP contribution in [0.3, 0.4) is 0 Å². The molecule has 140 valence electrons. The van der Waals surface area contributed by atoms with Crippen LogP contribution in [0.5, 0.6) is 0 Å². The first-order valence-electron chi connectivity index (χ1n) is 8.61. The van der Waals surface area contributed by atoms with Gasteiger partial charge in [0.1, 0.15) is 9.90 Å². The second kappa shape index (κ2) is 7.34. The predicted molar refractivity (Wildman–Crippen MR) is 105 cm³/mol. The summed E-state index contributed by atoms with van der Waals surface area (Å²) in [6.07, 6.45) is 1.72. The van der Waals surface area contributed by atoms with Gasteiger partial charge in [-0.25, -0.2) is 8.42 Å². The summed E-state index contributed by atoms with van der Waals surface area (Å²) in [5.74, 6) is 0.749. The third kappa shape index (κ3) is 3.71. The van der Waals surface area contributed by atoms with E-state index in [9.17, 15) is 8.42 Å². The number of piperazine rings is 1. The number of anilines is 1. The molecule has 0 aromatic carbocycles. The Morgan fingerprint density at radius 1 is 0.926 bits per heavy atom. The van der Waals surface area contributed by atoms with Crippen LogP contribution in [0.1, 0.15) is 4.88 Å². The number of aromatic nitrogens is 3.